The van der Waals surface area contributed by atoms with Crippen molar-refractivity contribution >= 4 is 16.8 Å². The highest BCUT2D eigenvalue weighted by atomic mass is 16.5. The van der Waals surface area contributed by atoms with E-state index in [0.29, 0.717) is 28.4 Å². The molecular weight excluding hydrogens is 432 g/mol. The number of amides is 1. The van der Waals surface area contributed by atoms with Crippen molar-refractivity contribution in [1.82, 2.24) is 9.88 Å². The summed E-state index contributed by atoms with van der Waals surface area (Å²) in [6.07, 6.45) is 5.13. The lowest BCUT2D eigenvalue weighted by atomic mass is 9.93. The molecule has 1 aromatic heterocycles. The van der Waals surface area contributed by atoms with E-state index in [9.17, 15) is 9.59 Å². The first kappa shape index (κ1) is 23.7. The van der Waals surface area contributed by atoms with Gasteiger partial charge in [-0.25, -0.2) is 0 Å². The standard InChI is InChI=1S/C27H32N2O5/c1-17-9-8-10-18-13-20(26(30)28-24(17)18)16-29(21-11-6-5-7-12-21)27(31)19-14-22(32-2)25(34-4)23(15-19)33-3/h8-10,13-15,21H,5-7,11-12,16H2,1-4H3,(H,28,30). The van der Waals surface area contributed by atoms with Crippen LogP contribution in [-0.2, 0) is 6.54 Å². The number of ether oxygens (including phenoxy) is 3. The van der Waals surface area contributed by atoms with E-state index < -0.39 is 0 Å². The summed E-state index contributed by atoms with van der Waals surface area (Å²) in [6.45, 7) is 2.21. The number of fused-ring (bicyclic) bond motifs is 1. The van der Waals surface area contributed by atoms with E-state index in [1.165, 1.54) is 27.8 Å². The number of carbonyl (C=O) groups is 1. The zero-order chi connectivity index (χ0) is 24.2. The quantitative estimate of drug-likeness (QED) is 0.541. The van der Waals surface area contributed by atoms with Crippen molar-refractivity contribution in [3.63, 3.8) is 0 Å². The number of pyridine rings is 1. The number of benzene rings is 2. The highest BCUT2D eigenvalue weighted by molar-refractivity contribution is 5.96. The van der Waals surface area contributed by atoms with Crippen LogP contribution in [0.2, 0.25) is 0 Å². The summed E-state index contributed by atoms with van der Waals surface area (Å²) in [6, 6.07) is 11.2. The van der Waals surface area contributed by atoms with E-state index in [-0.39, 0.29) is 24.1 Å². The Bertz CT molecular complexity index is 1220. The fourth-order valence-corrected chi connectivity index (χ4v) is 4.86. The normalized spacial score (nSPS) is 14.1. The molecule has 0 aliphatic heterocycles. The predicted molar refractivity (Wildman–Crippen MR) is 132 cm³/mol. The molecule has 7 nitrogen and oxygen atoms in total. The number of carbonyl (C=O) groups excluding carboxylic acids is 1. The Labute approximate surface area is 199 Å². The van der Waals surface area contributed by atoms with Crippen LogP contribution in [0, 0.1) is 6.92 Å². The van der Waals surface area contributed by atoms with Gasteiger partial charge in [-0.3, -0.25) is 9.59 Å². The molecule has 0 spiro atoms. The number of hydrogen-bond acceptors (Lipinski definition) is 5. The molecule has 0 saturated heterocycles. The Morgan fingerprint density at radius 3 is 2.29 bits per heavy atom. The van der Waals surface area contributed by atoms with Gasteiger partial charge in [-0.15, -0.1) is 0 Å². The van der Waals surface area contributed by atoms with E-state index in [0.717, 1.165) is 42.1 Å². The van der Waals surface area contributed by atoms with Crippen LogP contribution in [0.15, 0.2) is 41.2 Å². The molecule has 7 heteroatoms. The molecule has 0 unspecified atom stereocenters. The molecule has 4 rings (SSSR count). The molecule has 1 amide bonds. The van der Waals surface area contributed by atoms with Gasteiger partial charge >= 0.3 is 0 Å². The lowest BCUT2D eigenvalue weighted by Crippen LogP contribution is -2.42. The molecule has 1 aliphatic carbocycles. The minimum atomic E-state index is -0.166. The number of methoxy groups -OCH3 is 3. The molecule has 1 fully saturated rings. The van der Waals surface area contributed by atoms with Gasteiger partial charge in [0.1, 0.15) is 0 Å². The first-order chi connectivity index (χ1) is 16.5. The van der Waals surface area contributed by atoms with Gasteiger partial charge in [0.15, 0.2) is 11.5 Å². The summed E-state index contributed by atoms with van der Waals surface area (Å²) in [7, 11) is 4.59. The van der Waals surface area contributed by atoms with Crippen molar-refractivity contribution < 1.29 is 19.0 Å². The Kier molecular flexibility index (Phi) is 7.10. The minimum absolute atomic E-state index is 0.0629. The molecule has 0 radical (unpaired) electrons. The number of nitrogens with one attached hydrogen (secondary N) is 1. The molecule has 34 heavy (non-hydrogen) atoms. The zero-order valence-electron chi connectivity index (χ0n) is 20.3. The van der Waals surface area contributed by atoms with Crippen LogP contribution in [0.3, 0.4) is 0 Å². The summed E-state index contributed by atoms with van der Waals surface area (Å²) in [5.74, 6) is 1.13. The maximum absolute atomic E-state index is 13.9. The maximum Gasteiger partial charge on any atom is 0.254 e. The topological polar surface area (TPSA) is 80.9 Å². The molecular formula is C27H32N2O5. The highest BCUT2D eigenvalue weighted by Crippen LogP contribution is 2.39. The molecule has 180 valence electrons. The van der Waals surface area contributed by atoms with Gasteiger partial charge in [0.25, 0.3) is 11.5 Å². The highest BCUT2D eigenvalue weighted by Gasteiger charge is 2.29. The fourth-order valence-electron chi connectivity index (χ4n) is 4.86. The second-order valence-electron chi connectivity index (χ2n) is 8.80. The van der Waals surface area contributed by atoms with Crippen LogP contribution in [0.25, 0.3) is 10.9 Å². The van der Waals surface area contributed by atoms with E-state index >= 15 is 0 Å². The molecule has 1 saturated carbocycles. The number of aromatic amines is 1. The van der Waals surface area contributed by atoms with Gasteiger partial charge in [-0.1, -0.05) is 37.5 Å². The third-order valence-corrected chi connectivity index (χ3v) is 6.69. The van der Waals surface area contributed by atoms with E-state index in [4.69, 9.17) is 14.2 Å². The van der Waals surface area contributed by atoms with Crippen molar-refractivity contribution in [3.8, 4) is 17.2 Å². The Balaban J connectivity index is 1.76. The fraction of sp³-hybridized carbons (Fsp3) is 0.407. The molecule has 1 aliphatic rings. The van der Waals surface area contributed by atoms with Gasteiger partial charge in [0.05, 0.1) is 33.4 Å². The Morgan fingerprint density at radius 2 is 1.68 bits per heavy atom. The third-order valence-electron chi connectivity index (χ3n) is 6.69. The smallest absolute Gasteiger partial charge is 0.254 e. The van der Waals surface area contributed by atoms with Crippen molar-refractivity contribution in [2.45, 2.75) is 51.6 Å². The van der Waals surface area contributed by atoms with Gasteiger partial charge in [0, 0.05) is 17.2 Å². The number of nitrogens with zero attached hydrogens (tertiary/aromatic N) is 1. The van der Waals surface area contributed by atoms with Gasteiger partial charge in [-0.2, -0.15) is 0 Å². The van der Waals surface area contributed by atoms with Crippen molar-refractivity contribution in [2.24, 2.45) is 0 Å². The second-order valence-corrected chi connectivity index (χ2v) is 8.80. The van der Waals surface area contributed by atoms with E-state index in [1.54, 1.807) is 12.1 Å². The molecule has 2 aromatic carbocycles. The van der Waals surface area contributed by atoms with Crippen molar-refractivity contribution in [1.29, 1.82) is 0 Å². The summed E-state index contributed by atoms with van der Waals surface area (Å²) in [5, 5.41) is 0.957. The van der Waals surface area contributed by atoms with Crippen LogP contribution < -0.4 is 19.8 Å². The minimum Gasteiger partial charge on any atom is -0.493 e. The summed E-state index contributed by atoms with van der Waals surface area (Å²) >= 11 is 0. The van der Waals surface area contributed by atoms with Crippen LogP contribution in [-0.4, -0.2) is 43.2 Å². The summed E-state index contributed by atoms with van der Waals surface area (Å²) in [4.78, 5) is 31.7. The van der Waals surface area contributed by atoms with Crippen LogP contribution in [0.4, 0.5) is 0 Å². The first-order valence-electron chi connectivity index (χ1n) is 11.7. The van der Waals surface area contributed by atoms with Crippen LogP contribution in [0.1, 0.15) is 53.6 Å². The Hall–Kier alpha value is -3.48. The average molecular weight is 465 g/mol. The number of rotatable bonds is 7. The first-order valence-corrected chi connectivity index (χ1v) is 11.7. The SMILES string of the molecule is COc1cc(C(=O)N(Cc2cc3cccc(C)c3[nH]c2=O)C2CCCCC2)cc(OC)c1OC. The monoisotopic (exact) mass is 464 g/mol. The number of aryl methyl sites for hydroxylation is 1. The molecule has 1 heterocycles. The van der Waals surface area contributed by atoms with E-state index in [1.807, 2.05) is 36.1 Å². The van der Waals surface area contributed by atoms with Crippen molar-refractivity contribution in [2.75, 3.05) is 21.3 Å². The predicted octanol–water partition coefficient (Wildman–Crippen LogP) is 4.84. The van der Waals surface area contributed by atoms with Crippen LogP contribution >= 0.6 is 0 Å². The zero-order valence-corrected chi connectivity index (χ0v) is 20.3. The molecule has 1 N–H and O–H groups in total. The number of H-pyrrole nitrogens is 1. The number of para-hydroxylation sites is 1. The molecule has 0 bridgehead atoms. The number of aromatic nitrogens is 1. The lowest BCUT2D eigenvalue weighted by Gasteiger charge is -2.34. The van der Waals surface area contributed by atoms with Gasteiger partial charge < -0.3 is 24.1 Å². The van der Waals surface area contributed by atoms with Gasteiger partial charge in [0.2, 0.25) is 5.75 Å². The summed E-state index contributed by atoms with van der Waals surface area (Å²) in [5.41, 5.74) is 2.69. The largest absolute Gasteiger partial charge is 0.493 e. The van der Waals surface area contributed by atoms with E-state index in [2.05, 4.69) is 4.98 Å². The second kappa shape index (κ2) is 10.2. The lowest BCUT2D eigenvalue weighted by molar-refractivity contribution is 0.0612. The molecule has 0 atom stereocenters. The molecule has 3 aromatic rings. The van der Waals surface area contributed by atoms with Crippen LogP contribution in [0.5, 0.6) is 17.2 Å². The maximum atomic E-state index is 13.9. The Morgan fingerprint density at radius 1 is 1.00 bits per heavy atom. The average Bonchev–Trinajstić information content (AvgIpc) is 2.87. The summed E-state index contributed by atoms with van der Waals surface area (Å²) < 4.78 is 16.3. The van der Waals surface area contributed by atoms with Gasteiger partial charge in [-0.05, 0) is 48.9 Å². The number of hydrogen-bond donors (Lipinski definition) is 1. The van der Waals surface area contributed by atoms with Crippen molar-refractivity contribution in [3.05, 3.63) is 63.4 Å². The third kappa shape index (κ3) is 4.60.